The molecule has 0 aromatic heterocycles. The molecule has 21 heavy (non-hydrogen) atoms. The van der Waals surface area contributed by atoms with Crippen LogP contribution in [0.25, 0.3) is 0 Å². The zero-order chi connectivity index (χ0) is 16.8. The molecule has 0 fully saturated rings. The smallest absolute Gasteiger partial charge is 0.0639 e. The third-order valence-corrected chi connectivity index (χ3v) is 4.08. The van der Waals surface area contributed by atoms with Gasteiger partial charge in [0.1, 0.15) is 0 Å². The van der Waals surface area contributed by atoms with Crippen LogP contribution in [-0.4, -0.2) is 7.85 Å². The maximum Gasteiger partial charge on any atom is 0.0803 e. The number of benzene rings is 1. The van der Waals surface area contributed by atoms with Crippen LogP contribution in [0.5, 0.6) is 0 Å². The summed E-state index contributed by atoms with van der Waals surface area (Å²) in [6, 6.07) is 4.74. The summed E-state index contributed by atoms with van der Waals surface area (Å²) in [6.07, 6.45) is 0. The standard InChI is InChI=1S/C20H33B/c1-13(2)14-11-15(18(3,4)5)17(19(6,7)8)16(12-14)20(9,10)21/h11-13H,1-10H3. The summed E-state index contributed by atoms with van der Waals surface area (Å²) in [5.74, 6) is 0.515. The van der Waals surface area contributed by atoms with Gasteiger partial charge in [-0.15, -0.1) is 0 Å². The van der Waals surface area contributed by atoms with E-state index in [9.17, 15) is 0 Å². The maximum atomic E-state index is 6.54. The van der Waals surface area contributed by atoms with E-state index in [-0.39, 0.29) is 16.1 Å². The highest BCUT2D eigenvalue weighted by atomic mass is 14.4. The highest BCUT2D eigenvalue weighted by molar-refractivity contribution is 6.15. The second-order valence-corrected chi connectivity index (χ2v) is 9.37. The summed E-state index contributed by atoms with van der Waals surface area (Å²) < 4.78 is 0. The van der Waals surface area contributed by atoms with E-state index in [0.29, 0.717) is 5.92 Å². The molecule has 0 bridgehead atoms. The van der Waals surface area contributed by atoms with Gasteiger partial charge >= 0.3 is 0 Å². The van der Waals surface area contributed by atoms with Crippen molar-refractivity contribution >= 4 is 7.85 Å². The Balaban J connectivity index is 3.88. The summed E-state index contributed by atoms with van der Waals surface area (Å²) in [5, 5.41) is -0.326. The molecule has 1 aromatic carbocycles. The largest absolute Gasteiger partial charge is 0.0803 e. The van der Waals surface area contributed by atoms with Crippen molar-refractivity contribution in [3.05, 3.63) is 34.4 Å². The molecule has 0 saturated carbocycles. The van der Waals surface area contributed by atoms with E-state index in [1.54, 1.807) is 0 Å². The van der Waals surface area contributed by atoms with E-state index in [0.717, 1.165) is 0 Å². The minimum absolute atomic E-state index is 0.0874. The second-order valence-electron chi connectivity index (χ2n) is 9.37. The fourth-order valence-corrected chi connectivity index (χ4v) is 2.91. The Morgan fingerprint density at radius 1 is 0.762 bits per heavy atom. The molecule has 2 radical (unpaired) electrons. The molecule has 0 aliphatic carbocycles. The summed E-state index contributed by atoms with van der Waals surface area (Å²) in [6.45, 7) is 22.5. The van der Waals surface area contributed by atoms with Crippen LogP contribution >= 0.6 is 0 Å². The first-order valence-corrected chi connectivity index (χ1v) is 8.14. The lowest BCUT2D eigenvalue weighted by Gasteiger charge is -2.37. The van der Waals surface area contributed by atoms with Crippen LogP contribution in [0.1, 0.15) is 97.4 Å². The SMILES string of the molecule is [B]C(C)(C)c1cc(C(C)C)cc(C(C)(C)C)c1C(C)(C)C. The molecular formula is C20H33B. The van der Waals surface area contributed by atoms with Crippen LogP contribution in [0, 0.1) is 0 Å². The van der Waals surface area contributed by atoms with Crippen molar-refractivity contribution in [3.63, 3.8) is 0 Å². The highest BCUT2D eigenvalue weighted by Crippen LogP contribution is 2.41. The quantitative estimate of drug-likeness (QED) is 0.601. The minimum Gasteiger partial charge on any atom is -0.0639 e. The average molecular weight is 284 g/mol. The van der Waals surface area contributed by atoms with Gasteiger partial charge in [0.05, 0.1) is 7.85 Å². The van der Waals surface area contributed by atoms with Crippen LogP contribution in [0.4, 0.5) is 0 Å². The van der Waals surface area contributed by atoms with Gasteiger partial charge in [-0.05, 0) is 44.3 Å². The molecular weight excluding hydrogens is 251 g/mol. The lowest BCUT2D eigenvalue weighted by Crippen LogP contribution is -2.30. The van der Waals surface area contributed by atoms with Crippen molar-refractivity contribution in [3.8, 4) is 0 Å². The van der Waals surface area contributed by atoms with Crippen LogP contribution in [0.15, 0.2) is 12.1 Å². The predicted octanol–water partition coefficient (Wildman–Crippen LogP) is 5.81. The van der Waals surface area contributed by atoms with E-state index < -0.39 is 0 Å². The summed E-state index contributed by atoms with van der Waals surface area (Å²) >= 11 is 0. The average Bonchev–Trinajstić information content (AvgIpc) is 2.23. The molecule has 0 atom stereocenters. The molecule has 0 spiro atoms. The van der Waals surface area contributed by atoms with Gasteiger partial charge in [-0.2, -0.15) is 0 Å². The fourth-order valence-electron chi connectivity index (χ4n) is 2.91. The third-order valence-electron chi connectivity index (χ3n) is 4.08. The molecule has 0 aliphatic heterocycles. The van der Waals surface area contributed by atoms with Crippen LogP contribution in [-0.2, 0) is 16.1 Å². The first-order chi connectivity index (χ1) is 9.15. The Morgan fingerprint density at radius 3 is 1.48 bits per heavy atom. The van der Waals surface area contributed by atoms with Crippen LogP contribution < -0.4 is 0 Å². The molecule has 1 aromatic rings. The second kappa shape index (κ2) is 5.49. The van der Waals surface area contributed by atoms with E-state index >= 15 is 0 Å². The van der Waals surface area contributed by atoms with Crippen LogP contribution in [0.3, 0.4) is 0 Å². The van der Waals surface area contributed by atoms with Gasteiger partial charge in [-0.25, -0.2) is 0 Å². The molecule has 1 rings (SSSR count). The van der Waals surface area contributed by atoms with Crippen molar-refractivity contribution < 1.29 is 0 Å². The van der Waals surface area contributed by atoms with Crippen LogP contribution in [0.2, 0.25) is 0 Å². The molecule has 0 amide bonds. The molecule has 0 N–H and O–H groups in total. The van der Waals surface area contributed by atoms with Gasteiger partial charge in [0.25, 0.3) is 0 Å². The number of hydrogen-bond donors (Lipinski definition) is 0. The van der Waals surface area contributed by atoms with Crippen molar-refractivity contribution in [2.24, 2.45) is 0 Å². The van der Waals surface area contributed by atoms with Gasteiger partial charge in [0, 0.05) is 0 Å². The Morgan fingerprint density at radius 2 is 1.19 bits per heavy atom. The Labute approximate surface area is 134 Å². The van der Waals surface area contributed by atoms with Gasteiger partial charge in [0.2, 0.25) is 0 Å². The summed E-state index contributed by atoms with van der Waals surface area (Å²) in [4.78, 5) is 0. The van der Waals surface area contributed by atoms with E-state index in [1.807, 2.05) is 0 Å². The van der Waals surface area contributed by atoms with Gasteiger partial charge in [-0.1, -0.05) is 81.4 Å². The lowest BCUT2D eigenvalue weighted by molar-refractivity contribution is 0.516. The Hall–Kier alpha value is -0.715. The monoisotopic (exact) mass is 284 g/mol. The zero-order valence-corrected chi connectivity index (χ0v) is 15.8. The number of rotatable bonds is 2. The third kappa shape index (κ3) is 4.14. The molecule has 116 valence electrons. The molecule has 0 heterocycles. The van der Waals surface area contributed by atoms with Crippen molar-refractivity contribution in [2.45, 2.75) is 91.3 Å². The molecule has 0 saturated heterocycles. The normalized spacial score (nSPS) is 13.9. The zero-order valence-electron chi connectivity index (χ0n) is 15.8. The maximum absolute atomic E-state index is 6.54. The topological polar surface area (TPSA) is 0 Å². The summed E-state index contributed by atoms with van der Waals surface area (Å²) in [7, 11) is 6.54. The predicted molar refractivity (Wildman–Crippen MR) is 96.7 cm³/mol. The molecule has 0 nitrogen and oxygen atoms in total. The van der Waals surface area contributed by atoms with Crippen molar-refractivity contribution in [1.29, 1.82) is 0 Å². The van der Waals surface area contributed by atoms with E-state index in [2.05, 4.69) is 81.4 Å². The molecule has 0 unspecified atom stereocenters. The Kier molecular flexibility index (Phi) is 4.79. The van der Waals surface area contributed by atoms with Gasteiger partial charge in [0.15, 0.2) is 0 Å². The molecule has 1 heteroatoms. The van der Waals surface area contributed by atoms with Gasteiger partial charge < -0.3 is 0 Å². The Bertz CT molecular complexity index is 467. The van der Waals surface area contributed by atoms with Crippen molar-refractivity contribution in [1.82, 2.24) is 0 Å². The summed E-state index contributed by atoms with van der Waals surface area (Å²) in [5.41, 5.74) is 5.76. The lowest BCUT2D eigenvalue weighted by atomic mass is 9.60. The molecule has 0 aliphatic rings. The van der Waals surface area contributed by atoms with E-state index in [1.165, 1.54) is 22.3 Å². The van der Waals surface area contributed by atoms with Gasteiger partial charge in [-0.3, -0.25) is 0 Å². The minimum atomic E-state index is -0.326. The first kappa shape index (κ1) is 18.3. The highest BCUT2D eigenvalue weighted by Gasteiger charge is 2.32. The van der Waals surface area contributed by atoms with E-state index in [4.69, 9.17) is 7.85 Å². The van der Waals surface area contributed by atoms with Crippen molar-refractivity contribution in [2.75, 3.05) is 0 Å². The fraction of sp³-hybridized carbons (Fsp3) is 0.700. The number of hydrogen-bond acceptors (Lipinski definition) is 0. The first-order valence-electron chi connectivity index (χ1n) is 8.14.